The van der Waals surface area contributed by atoms with Crippen LogP contribution in [0.5, 0.6) is 11.5 Å². The van der Waals surface area contributed by atoms with Gasteiger partial charge in [0, 0.05) is 15.9 Å². The highest BCUT2D eigenvalue weighted by Gasteiger charge is 2.66. The van der Waals surface area contributed by atoms with Crippen LogP contribution in [0.3, 0.4) is 0 Å². The van der Waals surface area contributed by atoms with E-state index < -0.39 is 0 Å². The van der Waals surface area contributed by atoms with E-state index in [4.69, 9.17) is 21.1 Å². The van der Waals surface area contributed by atoms with Crippen LogP contribution < -0.4 is 9.47 Å². The molecule has 3 aliphatic carbocycles. The van der Waals surface area contributed by atoms with Gasteiger partial charge in [0.15, 0.2) is 11.5 Å². The number of hydrogen-bond acceptors (Lipinski definition) is 2. The summed E-state index contributed by atoms with van der Waals surface area (Å²) >= 11 is 10.5. The predicted octanol–water partition coefficient (Wildman–Crippen LogP) is 4.84. The van der Waals surface area contributed by atoms with E-state index in [1.165, 1.54) is 24.8 Å². The van der Waals surface area contributed by atoms with Gasteiger partial charge < -0.3 is 9.47 Å². The lowest BCUT2D eigenvalue weighted by Crippen LogP contribution is -2.16. The second-order valence-electron chi connectivity index (χ2n) is 6.98. The summed E-state index contributed by atoms with van der Waals surface area (Å²) < 4.78 is 11.3. The molecule has 112 valence electrons. The summed E-state index contributed by atoms with van der Waals surface area (Å²) in [6, 6.07) is 4.01. The Hall–Kier alpha value is -0.410. The fourth-order valence-electron chi connectivity index (χ4n) is 5.28. The van der Waals surface area contributed by atoms with Gasteiger partial charge in [-0.2, -0.15) is 0 Å². The van der Waals surface area contributed by atoms with E-state index in [9.17, 15) is 0 Å². The fourth-order valence-corrected chi connectivity index (χ4v) is 6.77. The van der Waals surface area contributed by atoms with Crippen molar-refractivity contribution in [3.05, 3.63) is 22.7 Å². The van der Waals surface area contributed by atoms with E-state index in [2.05, 4.69) is 22.0 Å². The largest absolute Gasteiger partial charge is 0.486 e. The normalized spacial score (nSPS) is 40.0. The molecular weight excluding hydrogens is 352 g/mol. The Morgan fingerprint density at radius 3 is 2.33 bits per heavy atom. The lowest BCUT2D eigenvalue weighted by Gasteiger charge is -2.22. The maximum Gasteiger partial charge on any atom is 0.162 e. The molecule has 21 heavy (non-hydrogen) atoms. The van der Waals surface area contributed by atoms with Crippen LogP contribution in [0, 0.1) is 29.6 Å². The van der Waals surface area contributed by atoms with Gasteiger partial charge >= 0.3 is 0 Å². The first kappa shape index (κ1) is 13.1. The molecule has 3 fully saturated rings. The molecule has 5 unspecified atom stereocenters. The van der Waals surface area contributed by atoms with E-state index in [1.807, 2.05) is 6.07 Å². The van der Waals surface area contributed by atoms with E-state index in [1.54, 1.807) is 0 Å². The molecule has 5 atom stereocenters. The third-order valence-corrected chi connectivity index (χ3v) is 7.52. The molecule has 4 heteroatoms. The highest BCUT2D eigenvalue weighted by atomic mass is 79.9. The van der Waals surface area contributed by atoms with E-state index in [0.29, 0.717) is 18.0 Å². The van der Waals surface area contributed by atoms with Gasteiger partial charge in [0.1, 0.15) is 13.2 Å². The highest BCUT2D eigenvalue weighted by molar-refractivity contribution is 9.09. The van der Waals surface area contributed by atoms with Gasteiger partial charge in [-0.1, -0.05) is 27.5 Å². The van der Waals surface area contributed by atoms with Crippen molar-refractivity contribution in [1.82, 2.24) is 0 Å². The maximum absolute atomic E-state index is 6.51. The molecule has 1 heterocycles. The second-order valence-corrected chi connectivity index (χ2v) is 8.38. The molecule has 3 saturated carbocycles. The molecule has 5 rings (SSSR count). The summed E-state index contributed by atoms with van der Waals surface area (Å²) in [5, 5.41) is 0.804. The Balaban J connectivity index is 1.45. The Bertz CT molecular complexity index is 589. The van der Waals surface area contributed by atoms with Crippen LogP contribution in [-0.2, 0) is 0 Å². The third-order valence-electron chi connectivity index (χ3n) is 6.09. The first-order chi connectivity index (χ1) is 10.2. The van der Waals surface area contributed by atoms with Crippen molar-refractivity contribution in [3.63, 3.8) is 0 Å². The smallest absolute Gasteiger partial charge is 0.162 e. The minimum absolute atomic E-state index is 0.360. The van der Waals surface area contributed by atoms with Crippen LogP contribution in [0.1, 0.15) is 29.7 Å². The van der Waals surface area contributed by atoms with E-state index in [0.717, 1.165) is 46.1 Å². The van der Waals surface area contributed by atoms with Crippen molar-refractivity contribution in [2.24, 2.45) is 29.6 Å². The van der Waals surface area contributed by atoms with Crippen LogP contribution in [0.15, 0.2) is 12.1 Å². The van der Waals surface area contributed by atoms with Gasteiger partial charge in [-0.3, -0.25) is 0 Å². The molecule has 0 N–H and O–H groups in total. The molecule has 0 aromatic heterocycles. The first-order valence-corrected chi connectivity index (χ1v) is 9.26. The molecule has 2 bridgehead atoms. The number of alkyl halides is 1. The van der Waals surface area contributed by atoms with Crippen LogP contribution in [0.4, 0.5) is 0 Å². The number of benzene rings is 1. The number of fused-ring (bicyclic) bond motifs is 6. The van der Waals surface area contributed by atoms with E-state index in [-0.39, 0.29) is 0 Å². The Labute approximate surface area is 138 Å². The van der Waals surface area contributed by atoms with Gasteiger partial charge in [-0.15, -0.1) is 0 Å². The van der Waals surface area contributed by atoms with Crippen LogP contribution in [-0.4, -0.2) is 13.2 Å². The van der Waals surface area contributed by atoms with Gasteiger partial charge in [0.05, 0.1) is 0 Å². The van der Waals surface area contributed by atoms with Crippen molar-refractivity contribution in [1.29, 1.82) is 0 Å². The SMILES string of the molecule is Clc1cc2c(cc1C(Br)C1C3C4CCC(C4)C31)OCCO2. The van der Waals surface area contributed by atoms with Crippen molar-refractivity contribution in [3.8, 4) is 11.5 Å². The first-order valence-electron chi connectivity index (χ1n) is 7.97. The summed E-state index contributed by atoms with van der Waals surface area (Å²) in [5.74, 6) is 6.26. The van der Waals surface area contributed by atoms with Gasteiger partial charge in [-0.25, -0.2) is 0 Å². The molecule has 1 aliphatic heterocycles. The van der Waals surface area contributed by atoms with E-state index >= 15 is 0 Å². The van der Waals surface area contributed by atoms with Crippen LogP contribution in [0.2, 0.25) is 5.02 Å². The molecule has 1 aromatic rings. The fraction of sp³-hybridized carbons (Fsp3) is 0.647. The summed E-state index contributed by atoms with van der Waals surface area (Å²) in [4.78, 5) is 0.360. The maximum atomic E-state index is 6.51. The average Bonchev–Trinajstić information content (AvgIpc) is 2.93. The summed E-state index contributed by atoms with van der Waals surface area (Å²) in [7, 11) is 0. The molecule has 0 radical (unpaired) electrons. The minimum Gasteiger partial charge on any atom is -0.486 e. The monoisotopic (exact) mass is 368 g/mol. The molecular formula is C17H18BrClO2. The van der Waals surface area contributed by atoms with Crippen molar-refractivity contribution in [2.45, 2.75) is 24.1 Å². The number of ether oxygens (including phenoxy) is 2. The molecule has 2 nitrogen and oxygen atoms in total. The number of hydrogen-bond donors (Lipinski definition) is 0. The second kappa shape index (κ2) is 4.55. The highest BCUT2D eigenvalue weighted by Crippen LogP contribution is 2.73. The number of halogens is 2. The van der Waals surface area contributed by atoms with Crippen molar-refractivity contribution in [2.75, 3.05) is 13.2 Å². The zero-order valence-electron chi connectivity index (χ0n) is 11.7. The van der Waals surface area contributed by atoms with Gasteiger partial charge in [-0.05, 0) is 60.5 Å². The lowest BCUT2D eigenvalue weighted by molar-refractivity contribution is 0.171. The standard InChI is InChI=1S/C17H18BrClO2/c18-17(16-14-8-1-2-9(5-8)15(14)16)10-6-12-13(7-11(10)19)21-4-3-20-12/h6-9,14-17H,1-5H2. The zero-order chi connectivity index (χ0) is 14.1. The number of rotatable bonds is 2. The summed E-state index contributed by atoms with van der Waals surface area (Å²) in [6.45, 7) is 1.23. The minimum atomic E-state index is 0.360. The predicted molar refractivity (Wildman–Crippen MR) is 85.4 cm³/mol. The quantitative estimate of drug-likeness (QED) is 0.695. The van der Waals surface area contributed by atoms with Gasteiger partial charge in [0.25, 0.3) is 0 Å². The molecule has 0 amide bonds. The van der Waals surface area contributed by atoms with Crippen LogP contribution in [0.25, 0.3) is 0 Å². The summed E-state index contributed by atoms with van der Waals surface area (Å²) in [6.07, 6.45) is 4.40. The average molecular weight is 370 g/mol. The van der Waals surface area contributed by atoms with Crippen molar-refractivity contribution < 1.29 is 9.47 Å². The Morgan fingerprint density at radius 2 is 1.67 bits per heavy atom. The summed E-state index contributed by atoms with van der Waals surface area (Å²) in [5.41, 5.74) is 1.18. The van der Waals surface area contributed by atoms with Crippen molar-refractivity contribution >= 4 is 27.5 Å². The molecule has 4 aliphatic rings. The zero-order valence-corrected chi connectivity index (χ0v) is 14.1. The van der Waals surface area contributed by atoms with Gasteiger partial charge in [0.2, 0.25) is 0 Å². The Kier molecular flexibility index (Phi) is 2.83. The topological polar surface area (TPSA) is 18.5 Å². The molecule has 1 aromatic carbocycles. The molecule has 0 spiro atoms. The lowest BCUT2D eigenvalue weighted by atomic mass is 9.97. The Morgan fingerprint density at radius 1 is 1.05 bits per heavy atom. The molecule has 0 saturated heterocycles. The third kappa shape index (κ3) is 1.83. The van der Waals surface area contributed by atoms with Crippen LogP contribution >= 0.6 is 27.5 Å².